The summed E-state index contributed by atoms with van der Waals surface area (Å²) >= 11 is 3.29. The molecule has 0 aliphatic heterocycles. The number of carbonyl (C=O) groups excluding carboxylic acids is 2. The summed E-state index contributed by atoms with van der Waals surface area (Å²) in [5.41, 5.74) is 0.739. The van der Waals surface area contributed by atoms with Gasteiger partial charge in [-0.2, -0.15) is 0 Å². The SMILES string of the molecule is CCC(=O)c1ccc(Br)cc1NC(=O)c1cccc([N+](=O)[O-])c1. The van der Waals surface area contributed by atoms with Gasteiger partial charge in [0.15, 0.2) is 5.78 Å². The first kappa shape index (κ1) is 16.8. The average Bonchev–Trinajstić information content (AvgIpc) is 2.54. The molecule has 2 rings (SSSR count). The Balaban J connectivity index is 2.33. The molecule has 23 heavy (non-hydrogen) atoms. The van der Waals surface area contributed by atoms with Crippen LogP contribution in [-0.2, 0) is 0 Å². The molecule has 0 aromatic heterocycles. The standard InChI is InChI=1S/C16H13BrN2O4/c1-2-15(20)13-7-6-11(17)9-14(13)18-16(21)10-4-3-5-12(8-10)19(22)23/h3-9H,2H2,1H3,(H,18,21). The predicted octanol–water partition coefficient (Wildman–Crippen LogP) is 4.20. The van der Waals surface area contributed by atoms with Gasteiger partial charge in [0.1, 0.15) is 0 Å². The summed E-state index contributed by atoms with van der Waals surface area (Å²) in [6, 6.07) is 10.4. The molecule has 0 saturated heterocycles. The number of ketones is 1. The van der Waals surface area contributed by atoms with E-state index in [2.05, 4.69) is 21.2 Å². The van der Waals surface area contributed by atoms with Crippen molar-refractivity contribution >= 4 is 39.0 Å². The molecule has 0 aliphatic carbocycles. The Morgan fingerprint density at radius 2 is 1.96 bits per heavy atom. The third kappa shape index (κ3) is 4.01. The predicted molar refractivity (Wildman–Crippen MR) is 89.8 cm³/mol. The van der Waals surface area contributed by atoms with Crippen molar-refractivity contribution < 1.29 is 14.5 Å². The third-order valence-electron chi connectivity index (χ3n) is 3.17. The van der Waals surface area contributed by atoms with Crippen LogP contribution in [0.3, 0.4) is 0 Å². The Morgan fingerprint density at radius 1 is 1.22 bits per heavy atom. The summed E-state index contributed by atoms with van der Waals surface area (Å²) in [4.78, 5) is 34.5. The lowest BCUT2D eigenvalue weighted by molar-refractivity contribution is -0.384. The maximum Gasteiger partial charge on any atom is 0.270 e. The fraction of sp³-hybridized carbons (Fsp3) is 0.125. The Labute approximate surface area is 140 Å². The Bertz CT molecular complexity index is 789. The highest BCUT2D eigenvalue weighted by atomic mass is 79.9. The third-order valence-corrected chi connectivity index (χ3v) is 3.66. The van der Waals surface area contributed by atoms with Crippen molar-refractivity contribution in [1.29, 1.82) is 0 Å². The van der Waals surface area contributed by atoms with Crippen LogP contribution in [0.4, 0.5) is 11.4 Å². The van der Waals surface area contributed by atoms with Gasteiger partial charge < -0.3 is 5.32 Å². The molecule has 2 aromatic rings. The summed E-state index contributed by atoms with van der Waals surface area (Å²) in [6.07, 6.45) is 0.307. The van der Waals surface area contributed by atoms with E-state index in [-0.39, 0.29) is 17.0 Å². The minimum absolute atomic E-state index is 0.105. The smallest absolute Gasteiger partial charge is 0.270 e. The number of benzene rings is 2. The molecule has 0 bridgehead atoms. The summed E-state index contributed by atoms with van der Waals surface area (Å²) in [5.74, 6) is -0.621. The van der Waals surface area contributed by atoms with Gasteiger partial charge in [0, 0.05) is 34.2 Å². The normalized spacial score (nSPS) is 10.2. The number of nitrogens with one attached hydrogen (secondary N) is 1. The number of nitro groups is 1. The van der Waals surface area contributed by atoms with E-state index in [0.29, 0.717) is 22.1 Å². The van der Waals surface area contributed by atoms with Crippen LogP contribution >= 0.6 is 15.9 Å². The quantitative estimate of drug-likeness (QED) is 0.480. The van der Waals surface area contributed by atoms with Crippen molar-refractivity contribution in [2.75, 3.05) is 5.32 Å². The van der Waals surface area contributed by atoms with Crippen LogP contribution in [0.1, 0.15) is 34.1 Å². The molecule has 0 heterocycles. The maximum absolute atomic E-state index is 12.3. The molecular weight excluding hydrogens is 364 g/mol. The van der Waals surface area contributed by atoms with Gasteiger partial charge in [-0.3, -0.25) is 19.7 Å². The Kier molecular flexibility index (Phi) is 5.23. The second-order valence-corrected chi connectivity index (χ2v) is 5.64. The highest BCUT2D eigenvalue weighted by Crippen LogP contribution is 2.24. The number of carbonyl (C=O) groups is 2. The molecule has 1 N–H and O–H groups in total. The van der Waals surface area contributed by atoms with Crippen LogP contribution in [0.5, 0.6) is 0 Å². The number of halogens is 1. The van der Waals surface area contributed by atoms with Gasteiger partial charge in [-0.05, 0) is 24.3 Å². The molecule has 6 nitrogen and oxygen atoms in total. The minimum atomic E-state index is -0.568. The second kappa shape index (κ2) is 7.15. The van der Waals surface area contributed by atoms with E-state index in [0.717, 1.165) is 0 Å². The zero-order valence-corrected chi connectivity index (χ0v) is 13.8. The van der Waals surface area contributed by atoms with Gasteiger partial charge in [-0.15, -0.1) is 0 Å². The topological polar surface area (TPSA) is 89.3 Å². The van der Waals surface area contributed by atoms with Crippen molar-refractivity contribution in [3.8, 4) is 0 Å². The molecule has 0 spiro atoms. The summed E-state index contributed by atoms with van der Waals surface area (Å²) in [7, 11) is 0. The van der Waals surface area contributed by atoms with E-state index in [4.69, 9.17) is 0 Å². The van der Waals surface area contributed by atoms with E-state index in [1.165, 1.54) is 24.3 Å². The lowest BCUT2D eigenvalue weighted by Gasteiger charge is -2.10. The largest absolute Gasteiger partial charge is 0.321 e. The number of anilines is 1. The molecule has 0 saturated carbocycles. The average molecular weight is 377 g/mol. The van der Waals surface area contributed by atoms with Gasteiger partial charge in [-0.25, -0.2) is 0 Å². The molecule has 0 unspecified atom stereocenters. The Hall–Kier alpha value is -2.54. The maximum atomic E-state index is 12.3. The van der Waals surface area contributed by atoms with Crippen LogP contribution < -0.4 is 5.32 Å². The number of hydrogen-bond acceptors (Lipinski definition) is 4. The number of nitro benzene ring substituents is 1. The molecule has 0 radical (unpaired) electrons. The first-order valence-electron chi connectivity index (χ1n) is 6.81. The van der Waals surface area contributed by atoms with E-state index >= 15 is 0 Å². The van der Waals surface area contributed by atoms with E-state index in [1.807, 2.05) is 0 Å². The summed E-state index contributed by atoms with van der Waals surface area (Å²) in [6.45, 7) is 1.73. The highest BCUT2D eigenvalue weighted by molar-refractivity contribution is 9.10. The van der Waals surface area contributed by atoms with Gasteiger partial charge in [0.05, 0.1) is 10.6 Å². The molecule has 1 amide bonds. The number of nitrogens with zero attached hydrogens (tertiary/aromatic N) is 1. The molecule has 118 valence electrons. The number of hydrogen-bond donors (Lipinski definition) is 1. The lowest BCUT2D eigenvalue weighted by atomic mass is 10.1. The van der Waals surface area contributed by atoms with Crippen molar-refractivity contribution in [2.24, 2.45) is 0 Å². The van der Waals surface area contributed by atoms with Crippen molar-refractivity contribution in [3.63, 3.8) is 0 Å². The second-order valence-electron chi connectivity index (χ2n) is 4.73. The minimum Gasteiger partial charge on any atom is -0.321 e. The molecule has 7 heteroatoms. The first-order chi connectivity index (χ1) is 10.9. The van der Waals surface area contributed by atoms with Crippen LogP contribution in [0, 0.1) is 10.1 Å². The van der Waals surface area contributed by atoms with Crippen molar-refractivity contribution in [2.45, 2.75) is 13.3 Å². The highest BCUT2D eigenvalue weighted by Gasteiger charge is 2.15. The number of non-ortho nitro benzene ring substituents is 1. The molecular formula is C16H13BrN2O4. The first-order valence-corrected chi connectivity index (χ1v) is 7.60. The van der Waals surface area contributed by atoms with E-state index in [1.54, 1.807) is 25.1 Å². The van der Waals surface area contributed by atoms with Crippen LogP contribution in [0.25, 0.3) is 0 Å². The van der Waals surface area contributed by atoms with Crippen LogP contribution in [0.15, 0.2) is 46.9 Å². The lowest BCUT2D eigenvalue weighted by Crippen LogP contribution is -2.15. The fourth-order valence-electron chi connectivity index (χ4n) is 2.01. The van der Waals surface area contributed by atoms with E-state index < -0.39 is 10.8 Å². The zero-order chi connectivity index (χ0) is 17.0. The molecule has 0 fully saturated rings. The molecule has 0 atom stereocenters. The number of Topliss-reactive ketones (excluding diaryl/α,β-unsaturated/α-hetero) is 1. The zero-order valence-electron chi connectivity index (χ0n) is 12.2. The summed E-state index contributed by atoms with van der Waals surface area (Å²) in [5, 5.41) is 13.4. The van der Waals surface area contributed by atoms with Crippen molar-refractivity contribution in [3.05, 3.63) is 68.2 Å². The Morgan fingerprint density at radius 3 is 2.61 bits per heavy atom. The van der Waals surface area contributed by atoms with Gasteiger partial charge >= 0.3 is 0 Å². The number of rotatable bonds is 5. The van der Waals surface area contributed by atoms with E-state index in [9.17, 15) is 19.7 Å². The van der Waals surface area contributed by atoms with Crippen molar-refractivity contribution in [1.82, 2.24) is 0 Å². The van der Waals surface area contributed by atoms with Gasteiger partial charge in [0.25, 0.3) is 11.6 Å². The summed E-state index contributed by atoms with van der Waals surface area (Å²) < 4.78 is 0.708. The van der Waals surface area contributed by atoms with Gasteiger partial charge in [-0.1, -0.05) is 28.9 Å². The monoisotopic (exact) mass is 376 g/mol. The molecule has 0 aliphatic rings. The fourth-order valence-corrected chi connectivity index (χ4v) is 2.37. The number of amides is 1. The van der Waals surface area contributed by atoms with Crippen LogP contribution in [0.2, 0.25) is 0 Å². The molecule has 2 aromatic carbocycles. The van der Waals surface area contributed by atoms with Crippen LogP contribution in [-0.4, -0.2) is 16.6 Å². The van der Waals surface area contributed by atoms with Gasteiger partial charge in [0.2, 0.25) is 0 Å².